The summed E-state index contributed by atoms with van der Waals surface area (Å²) < 4.78 is 35.7. The van der Waals surface area contributed by atoms with Gasteiger partial charge in [0.05, 0.1) is 24.6 Å². The second-order valence-corrected chi connectivity index (χ2v) is 9.86. The van der Waals surface area contributed by atoms with E-state index in [1.807, 2.05) is 0 Å². The standard InChI is InChI=1S/C29H42F2N2O/c1-3-5-7-9-10-11-12-14-22-15-16-23-19-26(28(31)27(30)25(23)18-22)29-32-20-24(21-33-29)34-17-13-8-6-4-2/h19-22H,3-18H2,1-2H3. The summed E-state index contributed by atoms with van der Waals surface area (Å²) >= 11 is 0. The van der Waals surface area contributed by atoms with Crippen molar-refractivity contribution in [2.75, 3.05) is 6.61 Å². The molecule has 0 spiro atoms. The lowest BCUT2D eigenvalue weighted by molar-refractivity contribution is 0.303. The number of hydrogen-bond donors (Lipinski definition) is 0. The fourth-order valence-corrected chi connectivity index (χ4v) is 4.96. The number of fused-ring (bicyclic) bond motifs is 1. The third-order valence-corrected chi connectivity index (χ3v) is 7.07. The SMILES string of the molecule is CCCCCCCCCC1CCc2cc(-c3ncc(OCCCCCC)cn3)c(F)c(F)c2C1. The highest BCUT2D eigenvalue weighted by atomic mass is 19.2. The first-order chi connectivity index (χ1) is 16.6. The van der Waals surface area contributed by atoms with Crippen LogP contribution >= 0.6 is 0 Å². The molecule has 0 amide bonds. The molecule has 5 heteroatoms. The minimum absolute atomic E-state index is 0.149. The molecule has 0 saturated carbocycles. The maximum Gasteiger partial charge on any atom is 0.170 e. The molecular weight excluding hydrogens is 430 g/mol. The van der Waals surface area contributed by atoms with Crippen molar-refractivity contribution < 1.29 is 13.5 Å². The summed E-state index contributed by atoms with van der Waals surface area (Å²) in [5.41, 5.74) is 1.62. The van der Waals surface area contributed by atoms with Crippen molar-refractivity contribution >= 4 is 0 Å². The first kappa shape index (κ1) is 26.6. The Bertz CT molecular complexity index is 869. The molecule has 2 aromatic rings. The van der Waals surface area contributed by atoms with E-state index in [9.17, 15) is 4.39 Å². The third kappa shape index (κ3) is 7.74. The number of benzene rings is 1. The Labute approximate surface area is 204 Å². The van der Waals surface area contributed by atoms with Gasteiger partial charge in [-0.3, -0.25) is 0 Å². The molecule has 1 atom stereocenters. The second-order valence-electron chi connectivity index (χ2n) is 9.86. The molecule has 188 valence electrons. The van der Waals surface area contributed by atoms with Crippen LogP contribution in [0.3, 0.4) is 0 Å². The predicted octanol–water partition coefficient (Wildman–Crippen LogP) is 8.63. The monoisotopic (exact) mass is 472 g/mol. The largest absolute Gasteiger partial charge is 0.490 e. The van der Waals surface area contributed by atoms with Gasteiger partial charge in [-0.25, -0.2) is 18.7 Å². The summed E-state index contributed by atoms with van der Waals surface area (Å²) in [5.74, 6) is -0.317. The molecule has 0 saturated heterocycles. The highest BCUT2D eigenvalue weighted by molar-refractivity contribution is 5.59. The Morgan fingerprint density at radius 1 is 0.853 bits per heavy atom. The van der Waals surface area contributed by atoms with E-state index in [4.69, 9.17) is 4.74 Å². The van der Waals surface area contributed by atoms with Crippen LogP contribution in [0.15, 0.2) is 18.5 Å². The molecule has 0 fully saturated rings. The Balaban J connectivity index is 1.55. The summed E-state index contributed by atoms with van der Waals surface area (Å²) in [5, 5.41) is 0. The number of nitrogens with zero attached hydrogens (tertiary/aromatic N) is 2. The van der Waals surface area contributed by atoms with Gasteiger partial charge in [-0.05, 0) is 48.8 Å². The Kier molecular flexibility index (Phi) is 11.2. The normalized spacial score (nSPS) is 15.4. The minimum atomic E-state index is -0.830. The number of aryl methyl sites for hydroxylation is 1. The molecule has 3 nitrogen and oxygen atoms in total. The summed E-state index contributed by atoms with van der Waals surface area (Å²) in [4.78, 5) is 8.53. The quantitative estimate of drug-likeness (QED) is 0.243. The summed E-state index contributed by atoms with van der Waals surface area (Å²) in [6.45, 7) is 5.02. The second kappa shape index (κ2) is 14.4. The fraction of sp³-hybridized carbons (Fsp3) is 0.655. The van der Waals surface area contributed by atoms with Gasteiger partial charge in [0.2, 0.25) is 0 Å². The number of unbranched alkanes of at least 4 members (excludes halogenated alkanes) is 9. The molecule has 0 bridgehead atoms. The maximum atomic E-state index is 15.1. The molecule has 0 radical (unpaired) electrons. The van der Waals surface area contributed by atoms with E-state index in [0.717, 1.165) is 37.7 Å². The molecule has 1 aliphatic rings. The van der Waals surface area contributed by atoms with Crippen LogP contribution < -0.4 is 4.74 Å². The van der Waals surface area contributed by atoms with Gasteiger partial charge in [-0.1, -0.05) is 84.5 Å². The lowest BCUT2D eigenvalue weighted by atomic mass is 9.80. The zero-order valence-corrected chi connectivity index (χ0v) is 21.2. The Morgan fingerprint density at radius 2 is 1.50 bits per heavy atom. The molecule has 0 N–H and O–H groups in total. The van der Waals surface area contributed by atoms with Crippen molar-refractivity contribution in [3.05, 3.63) is 41.2 Å². The van der Waals surface area contributed by atoms with Crippen LogP contribution in [-0.4, -0.2) is 16.6 Å². The van der Waals surface area contributed by atoms with E-state index in [0.29, 0.717) is 30.3 Å². The van der Waals surface area contributed by atoms with Crippen LogP contribution in [-0.2, 0) is 12.8 Å². The molecule has 1 heterocycles. The molecule has 1 unspecified atom stereocenters. The topological polar surface area (TPSA) is 35.0 Å². The van der Waals surface area contributed by atoms with E-state index in [-0.39, 0.29) is 11.4 Å². The fourth-order valence-electron chi connectivity index (χ4n) is 4.96. The average Bonchev–Trinajstić information content (AvgIpc) is 2.86. The lowest BCUT2D eigenvalue weighted by Gasteiger charge is -2.26. The zero-order chi connectivity index (χ0) is 24.2. The third-order valence-electron chi connectivity index (χ3n) is 7.07. The number of rotatable bonds is 15. The van der Waals surface area contributed by atoms with Crippen molar-refractivity contribution in [1.82, 2.24) is 9.97 Å². The van der Waals surface area contributed by atoms with Crippen LogP contribution in [0.5, 0.6) is 5.75 Å². The Morgan fingerprint density at radius 3 is 2.21 bits per heavy atom. The summed E-state index contributed by atoms with van der Waals surface area (Å²) in [6, 6.07) is 1.76. The minimum Gasteiger partial charge on any atom is -0.490 e. The molecule has 1 aromatic carbocycles. The molecule has 34 heavy (non-hydrogen) atoms. The number of aromatic nitrogens is 2. The first-order valence-corrected chi connectivity index (χ1v) is 13.6. The van der Waals surface area contributed by atoms with Crippen LogP contribution in [0.2, 0.25) is 0 Å². The number of hydrogen-bond acceptors (Lipinski definition) is 3. The van der Waals surface area contributed by atoms with Crippen LogP contribution in [0, 0.1) is 17.6 Å². The van der Waals surface area contributed by atoms with E-state index < -0.39 is 11.6 Å². The van der Waals surface area contributed by atoms with Gasteiger partial charge in [0.25, 0.3) is 0 Å². The number of ether oxygens (including phenoxy) is 1. The highest BCUT2D eigenvalue weighted by Crippen LogP contribution is 2.35. The van der Waals surface area contributed by atoms with Crippen molar-refractivity contribution in [2.45, 2.75) is 110 Å². The predicted molar refractivity (Wildman–Crippen MR) is 135 cm³/mol. The van der Waals surface area contributed by atoms with E-state index in [1.54, 1.807) is 18.5 Å². The molecule has 3 rings (SSSR count). The van der Waals surface area contributed by atoms with Gasteiger partial charge in [-0.15, -0.1) is 0 Å². The molecule has 0 aliphatic heterocycles. The van der Waals surface area contributed by atoms with E-state index in [1.165, 1.54) is 57.8 Å². The van der Waals surface area contributed by atoms with E-state index >= 15 is 4.39 Å². The average molecular weight is 473 g/mol. The summed E-state index contributed by atoms with van der Waals surface area (Å²) in [6.07, 6.45) is 20.2. The van der Waals surface area contributed by atoms with E-state index in [2.05, 4.69) is 23.8 Å². The van der Waals surface area contributed by atoms with Crippen LogP contribution in [0.4, 0.5) is 8.78 Å². The maximum absolute atomic E-state index is 15.1. The highest BCUT2D eigenvalue weighted by Gasteiger charge is 2.26. The Hall–Kier alpha value is -2.04. The van der Waals surface area contributed by atoms with Crippen molar-refractivity contribution in [3.63, 3.8) is 0 Å². The smallest absolute Gasteiger partial charge is 0.170 e. The molecule has 1 aliphatic carbocycles. The van der Waals surface area contributed by atoms with Crippen molar-refractivity contribution in [2.24, 2.45) is 5.92 Å². The number of halogens is 2. The van der Waals surface area contributed by atoms with Gasteiger partial charge >= 0.3 is 0 Å². The van der Waals surface area contributed by atoms with Gasteiger partial charge < -0.3 is 4.74 Å². The summed E-state index contributed by atoms with van der Waals surface area (Å²) in [7, 11) is 0. The van der Waals surface area contributed by atoms with Crippen LogP contribution in [0.25, 0.3) is 11.4 Å². The lowest BCUT2D eigenvalue weighted by Crippen LogP contribution is -2.17. The van der Waals surface area contributed by atoms with Gasteiger partial charge in [-0.2, -0.15) is 0 Å². The molecule has 1 aromatic heterocycles. The van der Waals surface area contributed by atoms with Crippen molar-refractivity contribution in [1.29, 1.82) is 0 Å². The van der Waals surface area contributed by atoms with Gasteiger partial charge in [0.15, 0.2) is 23.2 Å². The molecular formula is C29H42F2N2O. The van der Waals surface area contributed by atoms with Gasteiger partial charge in [0.1, 0.15) is 0 Å². The zero-order valence-electron chi connectivity index (χ0n) is 21.2. The van der Waals surface area contributed by atoms with Gasteiger partial charge in [0, 0.05) is 0 Å². The first-order valence-electron chi connectivity index (χ1n) is 13.6. The van der Waals surface area contributed by atoms with Crippen LogP contribution in [0.1, 0.15) is 108 Å². The van der Waals surface area contributed by atoms with Crippen molar-refractivity contribution in [3.8, 4) is 17.1 Å².